The maximum Gasteiger partial charge on any atom is 0.217 e. The molecule has 0 fully saturated rings. The van der Waals surface area contributed by atoms with Gasteiger partial charge in [0, 0.05) is 12.8 Å². The molecule has 0 aromatic heterocycles. The van der Waals surface area contributed by atoms with Crippen LogP contribution in [0.25, 0.3) is 0 Å². The predicted octanol–water partition coefficient (Wildman–Crippen LogP) is -1.13. The van der Waals surface area contributed by atoms with Gasteiger partial charge in [-0.05, 0) is 6.42 Å². The topological polar surface area (TPSA) is 107 Å². The zero-order valence-corrected chi connectivity index (χ0v) is 5.71. The first kappa shape index (κ1) is 8.74. The summed E-state index contributed by atoms with van der Waals surface area (Å²) in [7, 11) is 0. The number of hydrazone groups is 1. The van der Waals surface area contributed by atoms with Crippen LogP contribution in [-0.2, 0) is 4.79 Å². The largest absolute Gasteiger partial charge is 0.386 e. The van der Waals surface area contributed by atoms with E-state index in [1.807, 2.05) is 0 Å². The van der Waals surface area contributed by atoms with Crippen molar-refractivity contribution in [3.05, 3.63) is 0 Å². The number of amidine groups is 1. The minimum Gasteiger partial charge on any atom is -0.386 e. The molecular weight excluding hydrogens is 132 g/mol. The number of carbonyl (C=O) groups excluding carboxylic acids is 1. The number of rotatable bonds is 4. The highest BCUT2D eigenvalue weighted by Crippen LogP contribution is 1.92. The third-order valence-electron chi connectivity index (χ3n) is 1.02. The summed E-state index contributed by atoms with van der Waals surface area (Å²) in [5, 5.41) is 3.23. The minimum absolute atomic E-state index is 0.329. The number of hydrogen-bond donors (Lipinski definition) is 3. The van der Waals surface area contributed by atoms with Crippen LogP contribution in [0.3, 0.4) is 0 Å². The molecule has 0 rings (SSSR count). The van der Waals surface area contributed by atoms with Crippen LogP contribution in [0.1, 0.15) is 19.3 Å². The van der Waals surface area contributed by atoms with Crippen molar-refractivity contribution in [2.24, 2.45) is 22.4 Å². The summed E-state index contributed by atoms with van der Waals surface area (Å²) in [5.74, 6) is 4.86. The highest BCUT2D eigenvalue weighted by atomic mass is 16.1. The first-order valence-electron chi connectivity index (χ1n) is 2.97. The lowest BCUT2D eigenvalue weighted by Gasteiger charge is -1.95. The van der Waals surface area contributed by atoms with E-state index in [-0.39, 0.29) is 5.91 Å². The van der Waals surface area contributed by atoms with Crippen molar-refractivity contribution in [1.82, 2.24) is 0 Å². The Balaban J connectivity index is 3.29. The quantitative estimate of drug-likeness (QED) is 0.201. The van der Waals surface area contributed by atoms with Crippen LogP contribution in [0, 0.1) is 0 Å². The Labute approximate surface area is 59.2 Å². The summed E-state index contributed by atoms with van der Waals surface area (Å²) < 4.78 is 0. The van der Waals surface area contributed by atoms with Gasteiger partial charge in [0.25, 0.3) is 0 Å². The lowest BCUT2D eigenvalue weighted by Crippen LogP contribution is -2.16. The molecule has 0 aliphatic rings. The number of hydrogen-bond acceptors (Lipinski definition) is 3. The summed E-state index contributed by atoms with van der Waals surface area (Å²) in [4.78, 5) is 10.2. The fourth-order valence-corrected chi connectivity index (χ4v) is 0.508. The van der Waals surface area contributed by atoms with Crippen molar-refractivity contribution in [3.63, 3.8) is 0 Å². The molecule has 0 spiro atoms. The maximum absolute atomic E-state index is 10.2. The molecule has 0 radical (unpaired) electrons. The summed E-state index contributed by atoms with van der Waals surface area (Å²) in [6, 6.07) is 0. The van der Waals surface area contributed by atoms with Crippen LogP contribution in [0.2, 0.25) is 0 Å². The van der Waals surface area contributed by atoms with Gasteiger partial charge >= 0.3 is 0 Å². The van der Waals surface area contributed by atoms with Gasteiger partial charge in [0.2, 0.25) is 5.91 Å². The molecule has 0 atom stereocenters. The molecule has 0 heterocycles. The number of amides is 1. The van der Waals surface area contributed by atoms with E-state index in [1.165, 1.54) is 0 Å². The second-order valence-corrected chi connectivity index (χ2v) is 1.94. The van der Waals surface area contributed by atoms with Gasteiger partial charge in [-0.25, -0.2) is 0 Å². The van der Waals surface area contributed by atoms with Gasteiger partial charge in [0.05, 0.1) is 0 Å². The van der Waals surface area contributed by atoms with E-state index in [4.69, 9.17) is 17.3 Å². The molecule has 0 unspecified atom stereocenters. The molecule has 0 aromatic carbocycles. The lowest BCUT2D eigenvalue weighted by atomic mass is 10.2. The van der Waals surface area contributed by atoms with Crippen LogP contribution >= 0.6 is 0 Å². The fourth-order valence-electron chi connectivity index (χ4n) is 0.508. The SMILES string of the molecule is N/N=C(\N)CCCC(N)=O. The molecule has 5 nitrogen and oxygen atoms in total. The molecule has 6 N–H and O–H groups in total. The summed E-state index contributed by atoms with van der Waals surface area (Å²) in [6.45, 7) is 0. The van der Waals surface area contributed by atoms with Gasteiger partial charge in [-0.15, -0.1) is 0 Å². The van der Waals surface area contributed by atoms with E-state index in [0.29, 0.717) is 25.1 Å². The van der Waals surface area contributed by atoms with Crippen LogP contribution in [0.5, 0.6) is 0 Å². The van der Waals surface area contributed by atoms with E-state index in [2.05, 4.69) is 5.10 Å². The first-order chi connectivity index (χ1) is 4.66. The third kappa shape index (κ3) is 4.89. The molecule has 0 saturated carbocycles. The van der Waals surface area contributed by atoms with E-state index in [9.17, 15) is 4.79 Å². The molecule has 58 valence electrons. The zero-order chi connectivity index (χ0) is 7.98. The highest BCUT2D eigenvalue weighted by molar-refractivity contribution is 5.80. The van der Waals surface area contributed by atoms with E-state index >= 15 is 0 Å². The van der Waals surface area contributed by atoms with Gasteiger partial charge in [0.15, 0.2) is 0 Å². The maximum atomic E-state index is 10.2. The van der Waals surface area contributed by atoms with Crippen LogP contribution in [0.15, 0.2) is 5.10 Å². The van der Waals surface area contributed by atoms with E-state index in [0.717, 1.165) is 0 Å². The van der Waals surface area contributed by atoms with Gasteiger partial charge in [-0.1, -0.05) is 0 Å². The predicted molar refractivity (Wildman–Crippen MR) is 38.9 cm³/mol. The standard InChI is InChI=1S/C5H12N4O/c6-4(9-8)2-1-3-5(7)10/h1-3,8H2,(H2,6,9)(H2,7,10). The Morgan fingerprint density at radius 1 is 1.30 bits per heavy atom. The number of primary amides is 1. The van der Waals surface area contributed by atoms with Crippen LogP contribution in [-0.4, -0.2) is 11.7 Å². The second kappa shape index (κ2) is 4.60. The normalized spacial score (nSPS) is 11.4. The van der Waals surface area contributed by atoms with Crippen LogP contribution < -0.4 is 17.3 Å². The van der Waals surface area contributed by atoms with Crippen molar-refractivity contribution >= 4 is 11.7 Å². The smallest absolute Gasteiger partial charge is 0.217 e. The Morgan fingerprint density at radius 3 is 2.30 bits per heavy atom. The zero-order valence-electron chi connectivity index (χ0n) is 5.71. The van der Waals surface area contributed by atoms with Gasteiger partial charge in [0.1, 0.15) is 5.84 Å². The molecule has 10 heavy (non-hydrogen) atoms. The minimum atomic E-state index is -0.329. The molecule has 0 saturated heterocycles. The Bertz CT molecular complexity index is 143. The molecule has 0 aromatic rings. The second-order valence-electron chi connectivity index (χ2n) is 1.94. The summed E-state index contributed by atoms with van der Waals surface area (Å²) in [5.41, 5.74) is 10.1. The van der Waals surface area contributed by atoms with Gasteiger partial charge in [-0.2, -0.15) is 5.10 Å². The average Bonchev–Trinajstić information content (AvgIpc) is 1.87. The summed E-state index contributed by atoms with van der Waals surface area (Å²) in [6.07, 6.45) is 1.47. The molecule has 0 bridgehead atoms. The van der Waals surface area contributed by atoms with Crippen molar-refractivity contribution in [3.8, 4) is 0 Å². The van der Waals surface area contributed by atoms with Gasteiger partial charge < -0.3 is 17.3 Å². The lowest BCUT2D eigenvalue weighted by molar-refractivity contribution is -0.118. The number of carbonyl (C=O) groups is 1. The number of nitrogens with two attached hydrogens (primary N) is 3. The summed E-state index contributed by atoms with van der Waals surface area (Å²) >= 11 is 0. The highest BCUT2D eigenvalue weighted by Gasteiger charge is 1.95. The Kier molecular flexibility index (Phi) is 4.02. The Hall–Kier alpha value is -1.26. The first-order valence-corrected chi connectivity index (χ1v) is 2.97. The van der Waals surface area contributed by atoms with Gasteiger partial charge in [-0.3, -0.25) is 4.79 Å². The van der Waals surface area contributed by atoms with Crippen LogP contribution in [0.4, 0.5) is 0 Å². The van der Waals surface area contributed by atoms with Crippen molar-refractivity contribution in [1.29, 1.82) is 0 Å². The van der Waals surface area contributed by atoms with E-state index < -0.39 is 0 Å². The molecule has 5 heteroatoms. The van der Waals surface area contributed by atoms with Crippen molar-refractivity contribution in [2.75, 3.05) is 0 Å². The Morgan fingerprint density at radius 2 is 1.90 bits per heavy atom. The average molecular weight is 144 g/mol. The monoisotopic (exact) mass is 144 g/mol. The van der Waals surface area contributed by atoms with Crippen molar-refractivity contribution in [2.45, 2.75) is 19.3 Å². The van der Waals surface area contributed by atoms with Crippen molar-refractivity contribution < 1.29 is 4.79 Å². The molecule has 0 aliphatic carbocycles. The molecule has 0 aliphatic heterocycles. The molecule has 1 amide bonds. The molecular formula is C5H12N4O. The van der Waals surface area contributed by atoms with E-state index in [1.54, 1.807) is 0 Å². The fraction of sp³-hybridized carbons (Fsp3) is 0.600. The number of nitrogens with zero attached hydrogens (tertiary/aromatic N) is 1. The third-order valence-corrected chi connectivity index (χ3v) is 1.02.